The number of carbonyl (C=O) groups is 1. The monoisotopic (exact) mass is 433 g/mol. The third-order valence-corrected chi connectivity index (χ3v) is 5.29. The molecule has 0 saturated carbocycles. The number of benzene rings is 1. The predicted molar refractivity (Wildman–Crippen MR) is 103 cm³/mol. The molecule has 0 aliphatic carbocycles. The van der Waals surface area contributed by atoms with Gasteiger partial charge in [0.25, 0.3) is 0 Å². The largest absolute Gasteiger partial charge is 0.503 e. The van der Waals surface area contributed by atoms with Crippen molar-refractivity contribution in [2.45, 2.75) is 71.8 Å². The van der Waals surface area contributed by atoms with Crippen molar-refractivity contribution < 1.29 is 42.6 Å². The summed E-state index contributed by atoms with van der Waals surface area (Å²) in [5, 5.41) is 9.20. The molecule has 1 aliphatic rings. The van der Waals surface area contributed by atoms with Gasteiger partial charge in [0.2, 0.25) is 0 Å². The molecule has 0 amide bonds. The van der Waals surface area contributed by atoms with Crippen molar-refractivity contribution in [1.29, 1.82) is 0 Å². The summed E-state index contributed by atoms with van der Waals surface area (Å²) in [5.74, 6) is 0.0738. The number of aryl methyl sites for hydroxylation is 1. The van der Waals surface area contributed by atoms with Gasteiger partial charge in [-0.25, -0.2) is 0 Å². The zero-order valence-electron chi connectivity index (χ0n) is 16.5. The van der Waals surface area contributed by atoms with Crippen LogP contribution in [-0.2, 0) is 50.5 Å². The van der Waals surface area contributed by atoms with Gasteiger partial charge in [0.05, 0.1) is 0 Å². The van der Waals surface area contributed by atoms with Crippen LogP contribution in [0.1, 0.15) is 69.9 Å². The van der Waals surface area contributed by atoms with Gasteiger partial charge in [0.1, 0.15) is 0 Å². The molecular formula is C22H34NO2Y-. The van der Waals surface area contributed by atoms with Crippen LogP contribution in [0.15, 0.2) is 24.3 Å². The molecule has 4 heteroatoms. The fourth-order valence-electron chi connectivity index (χ4n) is 3.71. The Morgan fingerprint density at radius 2 is 1.65 bits per heavy atom. The predicted octanol–water partition coefficient (Wildman–Crippen LogP) is 5.09. The van der Waals surface area contributed by atoms with Crippen molar-refractivity contribution in [3.8, 4) is 0 Å². The van der Waals surface area contributed by atoms with E-state index in [1.807, 2.05) is 6.92 Å². The van der Waals surface area contributed by atoms with Crippen LogP contribution >= 0.6 is 0 Å². The zero-order chi connectivity index (χ0) is 18.1. The summed E-state index contributed by atoms with van der Waals surface area (Å²) in [7, 11) is 0. The van der Waals surface area contributed by atoms with Crippen LogP contribution in [-0.4, -0.2) is 29.1 Å². The van der Waals surface area contributed by atoms with Crippen molar-refractivity contribution in [3.05, 3.63) is 41.3 Å². The van der Waals surface area contributed by atoms with Gasteiger partial charge < -0.3 is 10.0 Å². The third-order valence-electron chi connectivity index (χ3n) is 5.29. The van der Waals surface area contributed by atoms with Gasteiger partial charge in [-0.1, -0.05) is 76.6 Å². The van der Waals surface area contributed by atoms with Gasteiger partial charge in [-0.15, -0.1) is 12.5 Å². The molecule has 1 heterocycles. The second-order valence-corrected chi connectivity index (χ2v) is 7.59. The van der Waals surface area contributed by atoms with Crippen LogP contribution in [0.25, 0.3) is 0 Å². The number of hydrogen-bond acceptors (Lipinski definition) is 2. The van der Waals surface area contributed by atoms with Crippen LogP contribution < -0.4 is 0 Å². The molecule has 2 rings (SSSR count). The van der Waals surface area contributed by atoms with Crippen LogP contribution in [0.3, 0.4) is 0 Å². The summed E-state index contributed by atoms with van der Waals surface area (Å²) in [6.07, 6.45) is 10.6. The van der Waals surface area contributed by atoms with Crippen molar-refractivity contribution in [1.82, 2.24) is 4.90 Å². The number of nitrogens with zero attached hydrogens (tertiary/aromatic N) is 1. The van der Waals surface area contributed by atoms with Crippen LogP contribution in [0, 0.1) is 11.8 Å². The first-order valence-electron chi connectivity index (χ1n) is 9.99. The van der Waals surface area contributed by atoms with Crippen LogP contribution in [0.5, 0.6) is 0 Å². The molecule has 1 aromatic carbocycles. The second kappa shape index (κ2) is 12.9. The SMILES string of the molecule is CCCCCCCCCc1ccc(CN2C[C-](C(=O)O)[C@@H](C)C2)cc1.[Y]. The van der Waals surface area contributed by atoms with Gasteiger partial charge in [-0.05, 0) is 30.5 Å². The van der Waals surface area contributed by atoms with Gasteiger partial charge in [0, 0.05) is 39.3 Å². The Balaban J connectivity index is 0.00000338. The molecule has 1 atom stereocenters. The molecular weight excluding hydrogens is 399 g/mol. The summed E-state index contributed by atoms with van der Waals surface area (Å²) in [6.45, 7) is 6.56. The average Bonchev–Trinajstić information content (AvgIpc) is 2.96. The number of aliphatic carboxylic acids is 1. The Hall–Kier alpha value is -0.376. The number of hydrogen-bond donors (Lipinski definition) is 1. The molecule has 0 spiro atoms. The molecule has 1 aliphatic heterocycles. The second-order valence-electron chi connectivity index (χ2n) is 7.59. The van der Waals surface area contributed by atoms with Crippen molar-refractivity contribution in [3.63, 3.8) is 0 Å². The van der Waals surface area contributed by atoms with E-state index in [9.17, 15) is 9.90 Å². The van der Waals surface area contributed by atoms with E-state index in [0.717, 1.165) is 13.1 Å². The first-order chi connectivity index (χ1) is 12.1. The first kappa shape index (κ1) is 23.7. The van der Waals surface area contributed by atoms with E-state index in [1.54, 1.807) is 0 Å². The molecule has 3 nitrogen and oxygen atoms in total. The minimum absolute atomic E-state index is 0. The normalized spacial score (nSPS) is 17.3. The summed E-state index contributed by atoms with van der Waals surface area (Å²) < 4.78 is 0. The summed E-state index contributed by atoms with van der Waals surface area (Å²) in [4.78, 5) is 13.4. The van der Waals surface area contributed by atoms with Gasteiger partial charge in [-0.2, -0.15) is 0 Å². The molecule has 1 aromatic rings. The maximum Gasteiger partial charge on any atom is 0.168 e. The van der Waals surface area contributed by atoms with E-state index in [-0.39, 0.29) is 38.6 Å². The fraction of sp³-hybridized carbons (Fsp3) is 0.636. The Bertz CT molecular complexity index is 517. The van der Waals surface area contributed by atoms with E-state index < -0.39 is 5.97 Å². The third kappa shape index (κ3) is 8.11. The van der Waals surface area contributed by atoms with Crippen LogP contribution in [0.4, 0.5) is 0 Å². The van der Waals surface area contributed by atoms with E-state index in [1.165, 1.54) is 62.5 Å². The minimum Gasteiger partial charge on any atom is -0.503 e. The standard InChI is InChI=1S/C22H34NO2.Y/c1-3-4-5-6-7-8-9-10-19-11-13-20(14-12-19)16-23-15-18(2)21(17-23)22(24)25;/h11-14,18H,3-10,15-17H2,1-2H3,(H,24,25);/q-1;/t18-;/m0./s1. The maximum absolute atomic E-state index is 11.2. The van der Waals surface area contributed by atoms with Gasteiger partial charge in [-0.3, -0.25) is 10.7 Å². The van der Waals surface area contributed by atoms with Crippen molar-refractivity contribution in [2.75, 3.05) is 13.1 Å². The molecule has 26 heavy (non-hydrogen) atoms. The number of carboxylic acids is 1. The summed E-state index contributed by atoms with van der Waals surface area (Å²) >= 11 is 0. The Morgan fingerprint density at radius 3 is 2.23 bits per heavy atom. The van der Waals surface area contributed by atoms with Crippen molar-refractivity contribution >= 4 is 5.97 Å². The fourth-order valence-corrected chi connectivity index (χ4v) is 3.71. The molecule has 0 unspecified atom stereocenters. The molecule has 1 fully saturated rings. The molecule has 1 radical (unpaired) electrons. The summed E-state index contributed by atoms with van der Waals surface area (Å²) in [6, 6.07) is 8.90. The quantitative estimate of drug-likeness (QED) is 0.391. The van der Waals surface area contributed by atoms with E-state index in [0.29, 0.717) is 12.5 Å². The zero-order valence-corrected chi connectivity index (χ0v) is 19.4. The van der Waals surface area contributed by atoms with E-state index in [2.05, 4.69) is 36.1 Å². The molecule has 1 N–H and O–H groups in total. The minimum atomic E-state index is -0.736. The van der Waals surface area contributed by atoms with Crippen molar-refractivity contribution in [2.24, 2.45) is 5.92 Å². The number of unbranched alkanes of at least 4 members (excludes halogenated alkanes) is 6. The molecule has 143 valence electrons. The topological polar surface area (TPSA) is 40.5 Å². The average molecular weight is 433 g/mol. The molecule has 0 bridgehead atoms. The first-order valence-corrected chi connectivity index (χ1v) is 9.99. The number of likely N-dealkylation sites (tertiary alicyclic amines) is 1. The summed E-state index contributed by atoms with van der Waals surface area (Å²) in [5.41, 5.74) is 2.70. The van der Waals surface area contributed by atoms with Gasteiger partial charge in [0.15, 0.2) is 5.97 Å². The maximum atomic E-state index is 11.2. The van der Waals surface area contributed by atoms with Gasteiger partial charge >= 0.3 is 0 Å². The number of rotatable bonds is 11. The molecule has 0 aromatic heterocycles. The molecule has 1 saturated heterocycles. The smallest absolute Gasteiger partial charge is 0.168 e. The van der Waals surface area contributed by atoms with E-state index in [4.69, 9.17) is 0 Å². The Labute approximate surface area is 184 Å². The Morgan fingerprint density at radius 1 is 1.08 bits per heavy atom. The van der Waals surface area contributed by atoms with E-state index >= 15 is 0 Å². The Kier molecular flexibility index (Phi) is 11.8. The number of carboxylic acid groups (broad SMARTS) is 1. The van der Waals surface area contributed by atoms with Crippen LogP contribution in [0.2, 0.25) is 0 Å².